The number of halogens is 5. The molecule has 3 aromatic rings. The molecular formula is C30H31F5O2. The van der Waals surface area contributed by atoms with Gasteiger partial charge in [-0.15, -0.1) is 0 Å². The van der Waals surface area contributed by atoms with Crippen molar-refractivity contribution in [3.05, 3.63) is 82.7 Å². The van der Waals surface area contributed by atoms with Crippen molar-refractivity contribution in [3.8, 4) is 22.6 Å². The molecule has 1 saturated carbocycles. The molecule has 1 aliphatic rings. The van der Waals surface area contributed by atoms with E-state index in [0.29, 0.717) is 37.9 Å². The fourth-order valence-electron chi connectivity index (χ4n) is 5.05. The predicted molar refractivity (Wildman–Crippen MR) is 134 cm³/mol. The van der Waals surface area contributed by atoms with Crippen LogP contribution in [0.25, 0.3) is 11.1 Å². The van der Waals surface area contributed by atoms with Gasteiger partial charge in [-0.2, -0.15) is 8.78 Å². The number of hydrogen-bond donors (Lipinski definition) is 0. The van der Waals surface area contributed by atoms with E-state index in [9.17, 15) is 17.6 Å². The lowest BCUT2D eigenvalue weighted by Gasteiger charge is -2.29. The Labute approximate surface area is 214 Å². The highest BCUT2D eigenvalue weighted by molar-refractivity contribution is 5.66. The molecule has 0 heterocycles. The second-order valence-electron chi connectivity index (χ2n) is 9.44. The van der Waals surface area contributed by atoms with E-state index in [4.69, 9.17) is 9.47 Å². The summed E-state index contributed by atoms with van der Waals surface area (Å²) in [6.45, 7) is 4.17. The topological polar surface area (TPSA) is 18.5 Å². The van der Waals surface area contributed by atoms with Crippen LogP contribution in [0.15, 0.2) is 42.5 Å². The highest BCUT2D eigenvalue weighted by Gasteiger charge is 2.28. The summed E-state index contributed by atoms with van der Waals surface area (Å²) in [5.41, 5.74) is 0.884. The average Bonchev–Trinajstić information content (AvgIpc) is 2.90. The zero-order valence-electron chi connectivity index (χ0n) is 21.1. The van der Waals surface area contributed by atoms with Crippen molar-refractivity contribution in [1.82, 2.24) is 0 Å². The minimum Gasteiger partial charge on any atom is -0.491 e. The molecule has 0 aliphatic heterocycles. The van der Waals surface area contributed by atoms with Crippen molar-refractivity contribution in [2.24, 2.45) is 0 Å². The minimum atomic E-state index is -1.16. The molecule has 0 bridgehead atoms. The molecule has 0 N–H and O–H groups in total. The molecule has 1 fully saturated rings. The second kappa shape index (κ2) is 12.0. The van der Waals surface area contributed by atoms with Gasteiger partial charge in [0.1, 0.15) is 5.82 Å². The van der Waals surface area contributed by atoms with E-state index in [1.807, 2.05) is 6.92 Å². The third-order valence-electron chi connectivity index (χ3n) is 7.10. The Balaban J connectivity index is 1.45. The van der Waals surface area contributed by atoms with Crippen LogP contribution in [-0.2, 0) is 0 Å². The van der Waals surface area contributed by atoms with Gasteiger partial charge >= 0.3 is 0 Å². The van der Waals surface area contributed by atoms with Crippen molar-refractivity contribution < 1.29 is 31.4 Å². The summed E-state index contributed by atoms with van der Waals surface area (Å²) < 4.78 is 83.6. The van der Waals surface area contributed by atoms with Gasteiger partial charge in [0.05, 0.1) is 13.2 Å². The molecule has 0 unspecified atom stereocenters. The molecular weight excluding hydrogens is 487 g/mol. The van der Waals surface area contributed by atoms with Crippen LogP contribution in [0.2, 0.25) is 0 Å². The summed E-state index contributed by atoms with van der Waals surface area (Å²) in [5, 5.41) is 0. The van der Waals surface area contributed by atoms with E-state index < -0.39 is 29.1 Å². The molecule has 0 saturated heterocycles. The summed E-state index contributed by atoms with van der Waals surface area (Å²) in [5.74, 6) is -5.15. The van der Waals surface area contributed by atoms with Gasteiger partial charge in [0.2, 0.25) is 11.6 Å². The van der Waals surface area contributed by atoms with E-state index in [1.165, 1.54) is 30.3 Å². The summed E-state index contributed by atoms with van der Waals surface area (Å²) in [7, 11) is 0. The first kappa shape index (κ1) is 27.0. The molecule has 4 rings (SSSR count). The van der Waals surface area contributed by atoms with Crippen LogP contribution in [0.1, 0.15) is 75.3 Å². The maximum absolute atomic E-state index is 15.0. The molecule has 1 aliphatic carbocycles. The molecule has 2 nitrogen and oxygen atoms in total. The lowest BCUT2D eigenvalue weighted by Crippen LogP contribution is -2.14. The first-order chi connectivity index (χ1) is 17.8. The molecule has 0 atom stereocenters. The maximum Gasteiger partial charge on any atom is 0.201 e. The fourth-order valence-corrected chi connectivity index (χ4v) is 5.05. The Hall–Kier alpha value is -3.09. The third-order valence-corrected chi connectivity index (χ3v) is 7.10. The van der Waals surface area contributed by atoms with Crippen molar-refractivity contribution >= 4 is 0 Å². The zero-order valence-corrected chi connectivity index (χ0v) is 21.1. The average molecular weight is 519 g/mol. The lowest BCUT2D eigenvalue weighted by molar-refractivity contribution is 0.286. The summed E-state index contributed by atoms with van der Waals surface area (Å²) >= 11 is 0. The Kier molecular flexibility index (Phi) is 8.72. The van der Waals surface area contributed by atoms with E-state index >= 15 is 4.39 Å². The number of unbranched alkanes of at least 4 members (excludes halogenated alkanes) is 1. The highest BCUT2D eigenvalue weighted by Crippen LogP contribution is 2.43. The Morgan fingerprint density at radius 1 is 0.676 bits per heavy atom. The van der Waals surface area contributed by atoms with Gasteiger partial charge in [-0.25, -0.2) is 13.2 Å². The number of ether oxygens (including phenoxy) is 2. The SMILES string of the molecule is CCCCOc1ccc(C2CCC(c3ccc(-c4ccc(OCC)c(F)c4F)c(F)c3)CC2)c(F)c1F. The first-order valence-corrected chi connectivity index (χ1v) is 12.9. The van der Waals surface area contributed by atoms with Gasteiger partial charge < -0.3 is 9.47 Å². The minimum absolute atomic E-state index is 0.0318. The van der Waals surface area contributed by atoms with E-state index in [0.717, 1.165) is 18.4 Å². The van der Waals surface area contributed by atoms with Gasteiger partial charge in [0.25, 0.3) is 0 Å². The van der Waals surface area contributed by atoms with Gasteiger partial charge in [0, 0.05) is 11.1 Å². The van der Waals surface area contributed by atoms with Crippen LogP contribution in [0, 0.1) is 29.1 Å². The fraction of sp³-hybridized carbons (Fsp3) is 0.400. The van der Waals surface area contributed by atoms with E-state index in [1.54, 1.807) is 19.1 Å². The summed E-state index contributed by atoms with van der Waals surface area (Å²) in [6, 6.07) is 10.2. The number of benzene rings is 3. The largest absolute Gasteiger partial charge is 0.491 e. The first-order valence-electron chi connectivity index (χ1n) is 12.9. The van der Waals surface area contributed by atoms with Crippen LogP contribution in [0.3, 0.4) is 0 Å². The van der Waals surface area contributed by atoms with Crippen molar-refractivity contribution in [1.29, 1.82) is 0 Å². The smallest absolute Gasteiger partial charge is 0.201 e. The van der Waals surface area contributed by atoms with Crippen molar-refractivity contribution in [2.75, 3.05) is 13.2 Å². The van der Waals surface area contributed by atoms with Crippen LogP contribution >= 0.6 is 0 Å². The van der Waals surface area contributed by atoms with Crippen molar-refractivity contribution in [2.45, 2.75) is 64.2 Å². The third kappa shape index (κ3) is 5.76. The predicted octanol–water partition coefficient (Wildman–Crippen LogP) is 9.07. The van der Waals surface area contributed by atoms with Gasteiger partial charge in [-0.3, -0.25) is 0 Å². The second-order valence-corrected chi connectivity index (χ2v) is 9.44. The zero-order chi connectivity index (χ0) is 26.5. The van der Waals surface area contributed by atoms with Crippen LogP contribution in [-0.4, -0.2) is 13.2 Å². The van der Waals surface area contributed by atoms with E-state index in [-0.39, 0.29) is 41.1 Å². The number of rotatable bonds is 9. The Morgan fingerprint density at radius 3 is 1.97 bits per heavy atom. The number of hydrogen-bond acceptors (Lipinski definition) is 2. The lowest BCUT2D eigenvalue weighted by atomic mass is 9.76. The van der Waals surface area contributed by atoms with Gasteiger partial charge in [-0.05, 0) is 86.3 Å². The quantitative estimate of drug-likeness (QED) is 0.208. The van der Waals surface area contributed by atoms with E-state index in [2.05, 4.69) is 0 Å². The van der Waals surface area contributed by atoms with Crippen LogP contribution < -0.4 is 9.47 Å². The van der Waals surface area contributed by atoms with Gasteiger partial charge in [-0.1, -0.05) is 31.5 Å². The molecule has 198 valence electrons. The Morgan fingerprint density at radius 2 is 1.30 bits per heavy atom. The molecule has 37 heavy (non-hydrogen) atoms. The highest BCUT2D eigenvalue weighted by atomic mass is 19.2. The normalized spacial score (nSPS) is 17.6. The molecule has 7 heteroatoms. The van der Waals surface area contributed by atoms with Crippen LogP contribution in [0.5, 0.6) is 11.5 Å². The van der Waals surface area contributed by atoms with Crippen LogP contribution in [0.4, 0.5) is 22.0 Å². The van der Waals surface area contributed by atoms with Crippen molar-refractivity contribution in [3.63, 3.8) is 0 Å². The maximum atomic E-state index is 15.0. The molecule has 0 amide bonds. The molecule has 3 aromatic carbocycles. The molecule has 0 radical (unpaired) electrons. The van der Waals surface area contributed by atoms with Gasteiger partial charge in [0.15, 0.2) is 23.1 Å². The summed E-state index contributed by atoms with van der Waals surface area (Å²) in [4.78, 5) is 0. The summed E-state index contributed by atoms with van der Waals surface area (Å²) in [6.07, 6.45) is 4.25. The standard InChI is InChI=1S/C30H31F5O2/c1-3-5-16-37-26-14-12-21(27(32)30(26)35)19-8-6-18(7-9-19)20-10-11-22(24(31)17-20)23-13-15-25(36-4-2)29(34)28(23)33/h10-15,17-19H,3-9,16H2,1-2H3. The monoisotopic (exact) mass is 518 g/mol. The molecule has 0 aromatic heterocycles. The molecule has 0 spiro atoms. The Bertz CT molecular complexity index is 1240.